The van der Waals surface area contributed by atoms with Crippen LogP contribution in [-0.4, -0.2) is 12.1 Å². The molecule has 1 atom stereocenters. The zero-order valence-corrected chi connectivity index (χ0v) is 14.6. The lowest BCUT2D eigenvalue weighted by Crippen LogP contribution is -2.23. The molecule has 0 aliphatic carbocycles. The fraction of sp³-hybridized carbons (Fsp3) is 0.684. The van der Waals surface area contributed by atoms with E-state index in [0.717, 1.165) is 12.2 Å². The molecule has 0 radical (unpaired) electrons. The van der Waals surface area contributed by atoms with Crippen LogP contribution in [-0.2, 0) is 0 Å². The summed E-state index contributed by atoms with van der Waals surface area (Å²) in [6.07, 6.45) is 3.70. The van der Waals surface area contributed by atoms with E-state index in [2.05, 4.69) is 65.1 Å². The Balaban J connectivity index is 2.71. The molecule has 0 spiro atoms. The summed E-state index contributed by atoms with van der Waals surface area (Å²) in [5.74, 6) is 2.38. The lowest BCUT2D eigenvalue weighted by atomic mass is 9.95. The second kappa shape index (κ2) is 8.96. The van der Waals surface area contributed by atoms with Crippen molar-refractivity contribution in [2.75, 3.05) is 5.32 Å². The van der Waals surface area contributed by atoms with E-state index in [1.54, 1.807) is 0 Å². The van der Waals surface area contributed by atoms with Crippen LogP contribution in [0.4, 0.5) is 5.69 Å². The number of hydrogen-bond acceptors (Lipinski definition) is 2. The minimum absolute atomic E-state index is 0.266. The third-order valence-corrected chi connectivity index (χ3v) is 3.63. The molecule has 2 nitrogen and oxygen atoms in total. The van der Waals surface area contributed by atoms with Crippen molar-refractivity contribution in [2.45, 2.75) is 73.0 Å². The van der Waals surface area contributed by atoms with Crippen molar-refractivity contribution in [1.82, 2.24) is 0 Å². The zero-order chi connectivity index (χ0) is 15.8. The summed E-state index contributed by atoms with van der Waals surface area (Å²) in [7, 11) is 0. The van der Waals surface area contributed by atoms with Crippen molar-refractivity contribution in [3.05, 3.63) is 24.3 Å². The molecule has 0 amide bonds. The molecule has 0 saturated carbocycles. The van der Waals surface area contributed by atoms with Gasteiger partial charge in [-0.3, -0.25) is 0 Å². The summed E-state index contributed by atoms with van der Waals surface area (Å²) in [6.45, 7) is 13.4. The highest BCUT2D eigenvalue weighted by atomic mass is 16.5. The molecule has 1 aromatic carbocycles. The van der Waals surface area contributed by atoms with Gasteiger partial charge < -0.3 is 10.1 Å². The van der Waals surface area contributed by atoms with Crippen molar-refractivity contribution in [2.24, 2.45) is 11.8 Å². The zero-order valence-electron chi connectivity index (χ0n) is 14.6. The van der Waals surface area contributed by atoms with Crippen LogP contribution >= 0.6 is 0 Å². The smallest absolute Gasteiger partial charge is 0.121 e. The molecule has 0 bridgehead atoms. The van der Waals surface area contributed by atoms with E-state index in [4.69, 9.17) is 4.74 Å². The van der Waals surface area contributed by atoms with Crippen LogP contribution in [0.1, 0.15) is 60.8 Å². The number of anilines is 1. The molecule has 0 aliphatic rings. The maximum absolute atomic E-state index is 5.91. The number of hydrogen-bond donors (Lipinski definition) is 1. The third-order valence-electron chi connectivity index (χ3n) is 3.63. The molecular formula is C19H33NO. The molecule has 1 unspecified atom stereocenters. The standard InChI is InChI=1S/C19H33NO/c1-7-16(6)21-19-10-8-9-17(13-19)20-18(11-14(2)3)12-15(4)5/h8-10,13-16,18,20H,7,11-12H2,1-6H3. The van der Waals surface area contributed by atoms with Gasteiger partial charge in [-0.25, -0.2) is 0 Å². The molecule has 0 saturated heterocycles. The predicted molar refractivity (Wildman–Crippen MR) is 93.1 cm³/mol. The minimum Gasteiger partial charge on any atom is -0.491 e. The summed E-state index contributed by atoms with van der Waals surface area (Å²) < 4.78 is 5.91. The van der Waals surface area contributed by atoms with Crippen LogP contribution in [0.25, 0.3) is 0 Å². The largest absolute Gasteiger partial charge is 0.491 e. The first kappa shape index (κ1) is 17.9. The molecule has 0 aromatic heterocycles. The van der Waals surface area contributed by atoms with E-state index in [9.17, 15) is 0 Å². The summed E-state index contributed by atoms with van der Waals surface area (Å²) in [6, 6.07) is 8.90. The Bertz CT molecular complexity index is 390. The molecule has 0 fully saturated rings. The quantitative estimate of drug-likeness (QED) is 0.626. The van der Waals surface area contributed by atoms with Gasteiger partial charge in [-0.1, -0.05) is 40.7 Å². The topological polar surface area (TPSA) is 21.3 Å². The molecule has 1 N–H and O–H groups in total. The lowest BCUT2D eigenvalue weighted by Gasteiger charge is -2.24. The van der Waals surface area contributed by atoms with Gasteiger partial charge in [-0.15, -0.1) is 0 Å². The van der Waals surface area contributed by atoms with Crippen LogP contribution in [0.2, 0.25) is 0 Å². The maximum atomic E-state index is 5.91. The lowest BCUT2D eigenvalue weighted by molar-refractivity contribution is 0.217. The first-order chi connectivity index (χ1) is 9.90. The number of ether oxygens (including phenoxy) is 1. The summed E-state index contributed by atoms with van der Waals surface area (Å²) in [4.78, 5) is 0. The van der Waals surface area contributed by atoms with Gasteiger partial charge in [0.05, 0.1) is 6.10 Å². The van der Waals surface area contributed by atoms with Gasteiger partial charge in [-0.2, -0.15) is 0 Å². The Morgan fingerprint density at radius 3 is 2.14 bits per heavy atom. The van der Waals surface area contributed by atoms with Crippen LogP contribution in [0.3, 0.4) is 0 Å². The van der Waals surface area contributed by atoms with E-state index in [-0.39, 0.29) is 6.10 Å². The molecule has 0 heterocycles. The van der Waals surface area contributed by atoms with Crippen LogP contribution in [0, 0.1) is 11.8 Å². The second-order valence-corrected chi connectivity index (χ2v) is 6.96. The van der Waals surface area contributed by atoms with Gasteiger partial charge in [0, 0.05) is 17.8 Å². The Hall–Kier alpha value is -1.18. The molecule has 0 aliphatic heterocycles. The van der Waals surface area contributed by atoms with Gasteiger partial charge in [-0.05, 0) is 50.2 Å². The van der Waals surface area contributed by atoms with E-state index < -0.39 is 0 Å². The van der Waals surface area contributed by atoms with Crippen LogP contribution in [0.5, 0.6) is 5.75 Å². The molecule has 1 rings (SSSR count). The minimum atomic E-state index is 0.266. The Labute approximate surface area is 131 Å². The molecule has 21 heavy (non-hydrogen) atoms. The van der Waals surface area contributed by atoms with Gasteiger partial charge in [0.2, 0.25) is 0 Å². The summed E-state index contributed by atoms with van der Waals surface area (Å²) in [5, 5.41) is 3.69. The van der Waals surface area contributed by atoms with Crippen molar-refractivity contribution in [3.63, 3.8) is 0 Å². The molecule has 2 heteroatoms. The Morgan fingerprint density at radius 2 is 1.62 bits per heavy atom. The Kier molecular flexibility index (Phi) is 7.63. The van der Waals surface area contributed by atoms with E-state index in [1.165, 1.54) is 18.5 Å². The van der Waals surface area contributed by atoms with Gasteiger partial charge in [0.15, 0.2) is 0 Å². The van der Waals surface area contributed by atoms with Gasteiger partial charge in [0.1, 0.15) is 5.75 Å². The predicted octanol–water partition coefficient (Wildman–Crippen LogP) is 5.74. The molecule has 1 aromatic rings. The van der Waals surface area contributed by atoms with Crippen molar-refractivity contribution in [1.29, 1.82) is 0 Å². The second-order valence-electron chi connectivity index (χ2n) is 6.96. The fourth-order valence-electron chi connectivity index (χ4n) is 2.56. The van der Waals surface area contributed by atoms with E-state index in [0.29, 0.717) is 17.9 Å². The van der Waals surface area contributed by atoms with Gasteiger partial charge >= 0.3 is 0 Å². The SMILES string of the molecule is CCC(C)Oc1cccc(NC(CC(C)C)CC(C)C)c1. The Morgan fingerprint density at radius 1 is 1.00 bits per heavy atom. The third kappa shape index (κ3) is 7.40. The van der Waals surface area contributed by atoms with Gasteiger partial charge in [0.25, 0.3) is 0 Å². The summed E-state index contributed by atoms with van der Waals surface area (Å²) >= 11 is 0. The average molecular weight is 291 g/mol. The highest BCUT2D eigenvalue weighted by molar-refractivity contribution is 5.48. The van der Waals surface area contributed by atoms with Crippen molar-refractivity contribution in [3.8, 4) is 5.75 Å². The highest BCUT2D eigenvalue weighted by Crippen LogP contribution is 2.23. The number of nitrogens with one attached hydrogen (secondary N) is 1. The maximum Gasteiger partial charge on any atom is 0.121 e. The van der Waals surface area contributed by atoms with Crippen molar-refractivity contribution < 1.29 is 4.74 Å². The van der Waals surface area contributed by atoms with Crippen molar-refractivity contribution >= 4 is 5.69 Å². The number of rotatable bonds is 9. The van der Waals surface area contributed by atoms with E-state index in [1.807, 2.05) is 6.07 Å². The highest BCUT2D eigenvalue weighted by Gasteiger charge is 2.13. The fourth-order valence-corrected chi connectivity index (χ4v) is 2.56. The van der Waals surface area contributed by atoms with E-state index >= 15 is 0 Å². The normalized spacial score (nSPS) is 13.0. The summed E-state index contributed by atoms with van der Waals surface area (Å²) in [5.41, 5.74) is 1.17. The monoisotopic (exact) mass is 291 g/mol. The van der Waals surface area contributed by atoms with Crippen LogP contribution in [0.15, 0.2) is 24.3 Å². The first-order valence-corrected chi connectivity index (χ1v) is 8.43. The first-order valence-electron chi connectivity index (χ1n) is 8.43. The number of benzene rings is 1. The average Bonchev–Trinajstić information content (AvgIpc) is 2.37. The molecule has 120 valence electrons. The molecular weight excluding hydrogens is 258 g/mol. The van der Waals surface area contributed by atoms with Crippen LogP contribution < -0.4 is 10.1 Å².